The molecule has 2 aromatic carbocycles. The number of alkyl halides is 2. The second-order valence-corrected chi connectivity index (χ2v) is 25.0. The first-order valence-electron chi connectivity index (χ1n) is 31.6. The Morgan fingerprint density at radius 3 is 2.03 bits per heavy atom. The molecular weight excluding hydrogens is 1200 g/mol. The molecule has 27 nitrogen and oxygen atoms in total. The van der Waals surface area contributed by atoms with Crippen LogP contribution in [0.2, 0.25) is 0 Å². The molecule has 2 aromatic rings. The molecule has 0 spiro atoms. The zero-order chi connectivity index (χ0) is 67.0. The van der Waals surface area contributed by atoms with Gasteiger partial charge in [0.25, 0.3) is 5.92 Å². The first-order chi connectivity index (χ1) is 43.7. The Kier molecular flexibility index (Phi) is 29.0. The number of carboxylic acid groups (broad SMARTS) is 3. The second-order valence-electron chi connectivity index (χ2n) is 25.0. The van der Waals surface area contributed by atoms with Crippen LogP contribution < -0.4 is 26.6 Å². The molecule has 6 amide bonds. The zero-order valence-corrected chi connectivity index (χ0v) is 53.4. The summed E-state index contributed by atoms with van der Waals surface area (Å²) in [6, 6.07) is 12.4. The van der Waals surface area contributed by atoms with Crippen LogP contribution in [0.4, 0.5) is 8.78 Å². The van der Waals surface area contributed by atoms with Crippen LogP contribution in [0.3, 0.4) is 0 Å². The fourth-order valence-corrected chi connectivity index (χ4v) is 11.6. The summed E-state index contributed by atoms with van der Waals surface area (Å²) in [5.74, 6) is -9.82. The summed E-state index contributed by atoms with van der Waals surface area (Å²) in [6.45, 7) is 7.86. The molecule has 0 aliphatic carbocycles. The third-order valence-electron chi connectivity index (χ3n) is 16.9. The molecule has 0 bridgehead atoms. The molecule has 4 aliphatic rings. The Balaban J connectivity index is 0.941. The number of aryl methyl sites for hydroxylation is 2. The number of likely N-dealkylation sites (tertiary alicyclic amines) is 1. The van der Waals surface area contributed by atoms with Crippen molar-refractivity contribution >= 4 is 53.4 Å². The molecule has 0 radical (unpaired) electrons. The van der Waals surface area contributed by atoms with E-state index >= 15 is 0 Å². The van der Waals surface area contributed by atoms with E-state index in [9.17, 15) is 72.5 Å². The zero-order valence-electron chi connectivity index (χ0n) is 53.4. The number of fused-ring (bicyclic) bond motifs is 1. The number of ether oxygens (including phenoxy) is 1. The van der Waals surface area contributed by atoms with E-state index in [1.807, 2.05) is 51.1 Å². The maximum absolute atomic E-state index is 14.1. The van der Waals surface area contributed by atoms with Gasteiger partial charge in [-0.25, -0.2) is 8.78 Å². The first kappa shape index (κ1) is 73.7. The molecule has 0 saturated carbocycles. The number of hydrogen-bond acceptors (Lipinski definition) is 18. The molecule has 1 unspecified atom stereocenters. The molecule has 4 heterocycles. The fraction of sp³-hybridized carbons (Fsp3) is 0.651. The number of carbonyl (C=O) groups excluding carboxylic acids is 6. The number of benzene rings is 2. The largest absolute Gasteiger partial charge is 0.480 e. The minimum absolute atomic E-state index is 0.0354. The van der Waals surface area contributed by atoms with Crippen LogP contribution in [0.1, 0.15) is 99.5 Å². The number of amides is 6. The van der Waals surface area contributed by atoms with Crippen LogP contribution in [0.5, 0.6) is 0 Å². The van der Waals surface area contributed by atoms with Crippen molar-refractivity contribution in [3.05, 3.63) is 70.3 Å². The SMILES string of the molecule is Cc1ccc(CCCC(=O)NCCCCC(NC(=O)CN2CCN(CC(=O)O)CCN(CC(=O)O)CCN(CC(=O)O)CC2)C(=O)NCCON(C)COC(C)(C)CCNCc2cccc3c2CN(C(=O)C[C@@H]2C[C@@H](C(=O)N4CC(F)(F)C[C@H]4C#N)NC2=O)C3)cc1. The number of nitriles is 1. The van der Waals surface area contributed by atoms with Crippen molar-refractivity contribution in [2.24, 2.45) is 5.92 Å². The van der Waals surface area contributed by atoms with Crippen LogP contribution >= 0.6 is 0 Å². The van der Waals surface area contributed by atoms with E-state index in [1.54, 1.807) is 37.6 Å². The number of rotatable bonds is 34. The molecule has 8 N–H and O–H groups in total. The van der Waals surface area contributed by atoms with E-state index < -0.39 is 90.1 Å². The van der Waals surface area contributed by atoms with E-state index in [1.165, 1.54) is 5.06 Å². The Hall–Kier alpha value is -7.30. The van der Waals surface area contributed by atoms with Gasteiger partial charge in [0, 0.05) is 117 Å². The smallest absolute Gasteiger partial charge is 0.317 e. The van der Waals surface area contributed by atoms with Crippen LogP contribution in [-0.2, 0) is 78.8 Å². The normalized spacial score (nSPS) is 19.7. The van der Waals surface area contributed by atoms with Crippen LogP contribution in [0, 0.1) is 24.2 Å². The lowest BCUT2D eigenvalue weighted by atomic mass is 9.99. The standard InChI is InChI=1S/C63H93F2N13O14/c1-44-14-16-45(17-15-44)9-7-13-53(79)68-19-6-5-12-51(70-54(80)38-73-22-24-74(39-56(82)83)26-28-76(41-58(86)87)29-27-75(25-23-73)40-57(84)85)60(89)69-21-30-92-72(4)43-91-62(2,3)18-20-67-35-46-10-8-11-47-36-77(37-50(46)47)55(81)32-48-31-52(71-59(48)88)61(90)78-42-63(64,65)33-49(78)34-66/h8,10-11,14-17,48-49,51-52,67H,5-7,9,12-13,18-33,35-43H2,1-4H3,(H,68,79)(H,69,89)(H,70,80)(H,71,88)(H,82,83)(H,84,85)(H,86,87)/t48-,49-,51?,52-/m0/s1. The molecule has 0 aromatic heterocycles. The minimum Gasteiger partial charge on any atom is -0.480 e. The third-order valence-corrected chi connectivity index (χ3v) is 16.9. The number of halogens is 2. The number of aliphatic carboxylic acids is 3. The monoisotopic (exact) mass is 1290 g/mol. The number of hydroxylamine groups is 2. The van der Waals surface area contributed by atoms with Gasteiger partial charge in [-0.3, -0.25) is 67.6 Å². The van der Waals surface area contributed by atoms with Crippen molar-refractivity contribution in [3.63, 3.8) is 0 Å². The van der Waals surface area contributed by atoms with Gasteiger partial charge in [0.2, 0.25) is 35.4 Å². The van der Waals surface area contributed by atoms with E-state index in [0.29, 0.717) is 64.8 Å². The van der Waals surface area contributed by atoms with E-state index in [4.69, 9.17) is 9.57 Å². The topological polar surface area (TPSA) is 339 Å². The van der Waals surface area contributed by atoms with E-state index in [-0.39, 0.29) is 129 Å². The van der Waals surface area contributed by atoms with Gasteiger partial charge in [0.1, 0.15) is 24.9 Å². The number of unbranched alkanes of at least 4 members (excludes halogenated alkanes) is 1. The number of carboxylic acids is 3. The molecule has 3 saturated heterocycles. The quantitative estimate of drug-likeness (QED) is 0.0275. The highest BCUT2D eigenvalue weighted by Crippen LogP contribution is 2.34. The summed E-state index contributed by atoms with van der Waals surface area (Å²) >= 11 is 0. The molecule has 3 fully saturated rings. The number of carbonyl (C=O) groups is 9. The molecule has 4 atom stereocenters. The van der Waals surface area contributed by atoms with Gasteiger partial charge in [0.15, 0.2) is 0 Å². The Morgan fingerprint density at radius 1 is 0.804 bits per heavy atom. The van der Waals surface area contributed by atoms with Gasteiger partial charge in [0.05, 0.1) is 51.0 Å². The third kappa shape index (κ3) is 25.3. The average molecular weight is 1290 g/mol. The summed E-state index contributed by atoms with van der Waals surface area (Å²) in [5, 5.41) is 54.4. The number of nitrogens with one attached hydrogen (secondary N) is 5. The van der Waals surface area contributed by atoms with E-state index in [0.717, 1.165) is 39.1 Å². The lowest BCUT2D eigenvalue weighted by Gasteiger charge is -2.33. The first-order valence-corrected chi connectivity index (χ1v) is 31.6. The number of nitrogens with zero attached hydrogens (tertiary/aromatic N) is 8. The molecular formula is C63H93F2N13O14. The van der Waals surface area contributed by atoms with E-state index in [2.05, 4.69) is 38.7 Å². The molecule has 6 rings (SSSR count). The molecule has 29 heteroatoms. The Labute approximate surface area is 536 Å². The van der Waals surface area contributed by atoms with Gasteiger partial charge in [-0.2, -0.15) is 10.3 Å². The van der Waals surface area contributed by atoms with Gasteiger partial charge in [-0.05, 0) is 94.5 Å². The van der Waals surface area contributed by atoms with Crippen molar-refractivity contribution in [2.75, 3.05) is 125 Å². The van der Waals surface area contributed by atoms with Gasteiger partial charge in [-0.1, -0.05) is 48.0 Å². The van der Waals surface area contributed by atoms with Crippen molar-refractivity contribution in [1.82, 2.24) is 61.0 Å². The van der Waals surface area contributed by atoms with Crippen LogP contribution in [0.25, 0.3) is 0 Å². The predicted octanol–water partition coefficient (Wildman–Crippen LogP) is 0.973. The number of hydrogen-bond donors (Lipinski definition) is 8. The second kappa shape index (κ2) is 36.2. The lowest BCUT2D eigenvalue weighted by Crippen LogP contribution is -2.52. The summed E-state index contributed by atoms with van der Waals surface area (Å²) in [5.41, 5.74) is 4.68. The van der Waals surface area contributed by atoms with Gasteiger partial charge in [-0.15, -0.1) is 0 Å². The molecule has 508 valence electrons. The van der Waals surface area contributed by atoms with Crippen molar-refractivity contribution in [3.8, 4) is 6.07 Å². The fourth-order valence-electron chi connectivity index (χ4n) is 11.6. The summed E-state index contributed by atoms with van der Waals surface area (Å²) in [7, 11) is 1.69. The highest BCUT2D eigenvalue weighted by atomic mass is 19.3. The highest BCUT2D eigenvalue weighted by molar-refractivity contribution is 5.95. The molecule has 92 heavy (non-hydrogen) atoms. The summed E-state index contributed by atoms with van der Waals surface area (Å²) in [4.78, 5) is 130. The maximum Gasteiger partial charge on any atom is 0.317 e. The lowest BCUT2D eigenvalue weighted by molar-refractivity contribution is -0.215. The Morgan fingerprint density at radius 2 is 1.42 bits per heavy atom. The van der Waals surface area contributed by atoms with Crippen LogP contribution in [-0.4, -0.2) is 258 Å². The summed E-state index contributed by atoms with van der Waals surface area (Å²) in [6.07, 6.45) is 2.70. The summed E-state index contributed by atoms with van der Waals surface area (Å²) < 4.78 is 34.3. The van der Waals surface area contributed by atoms with Crippen molar-refractivity contribution in [2.45, 2.75) is 134 Å². The highest BCUT2D eigenvalue weighted by Gasteiger charge is 2.50. The predicted molar refractivity (Wildman–Crippen MR) is 331 cm³/mol. The Bertz CT molecular complexity index is 2850. The van der Waals surface area contributed by atoms with Gasteiger partial charge < -0.3 is 56.4 Å². The van der Waals surface area contributed by atoms with Crippen molar-refractivity contribution < 1.29 is 76.8 Å². The molecule has 4 aliphatic heterocycles. The maximum atomic E-state index is 14.1. The van der Waals surface area contributed by atoms with Crippen molar-refractivity contribution in [1.29, 1.82) is 5.26 Å². The minimum atomic E-state index is -3.20. The van der Waals surface area contributed by atoms with Crippen LogP contribution in [0.15, 0.2) is 42.5 Å². The van der Waals surface area contributed by atoms with Gasteiger partial charge >= 0.3 is 17.9 Å². The average Bonchev–Trinajstić information content (AvgIpc) is 1.66.